The lowest BCUT2D eigenvalue weighted by Crippen LogP contribution is -2.46. The Bertz CT molecular complexity index is 757. The van der Waals surface area contributed by atoms with Crippen LogP contribution in [0.5, 0.6) is 0 Å². The Morgan fingerprint density at radius 1 is 1.13 bits per heavy atom. The minimum absolute atomic E-state index is 0. The highest BCUT2D eigenvalue weighted by atomic mass is 127. The second-order valence-electron chi connectivity index (χ2n) is 8.09. The Kier molecular flexibility index (Phi) is 10.6. The SMILES string of the molecule is CCOC(=O)C1CCN(C(=NC)NCc2cccc(NC(=O)C3CCCC3)c2)CC1.I. The number of hydrogen-bond acceptors (Lipinski definition) is 4. The average molecular weight is 542 g/mol. The molecule has 0 radical (unpaired) electrons. The Labute approximate surface area is 202 Å². The molecule has 172 valence electrons. The summed E-state index contributed by atoms with van der Waals surface area (Å²) in [6.45, 7) is 4.45. The number of esters is 1. The first-order valence-electron chi connectivity index (χ1n) is 11.1. The number of piperidine rings is 1. The Morgan fingerprint density at radius 2 is 1.84 bits per heavy atom. The number of aliphatic imine (C=N–C) groups is 1. The molecule has 7 nitrogen and oxygen atoms in total. The summed E-state index contributed by atoms with van der Waals surface area (Å²) in [5.74, 6) is 1.02. The Morgan fingerprint density at radius 3 is 2.48 bits per heavy atom. The van der Waals surface area contributed by atoms with E-state index in [1.165, 1.54) is 0 Å². The first-order valence-corrected chi connectivity index (χ1v) is 11.1. The van der Waals surface area contributed by atoms with Gasteiger partial charge in [-0.15, -0.1) is 24.0 Å². The molecule has 1 amide bonds. The molecule has 1 aliphatic carbocycles. The van der Waals surface area contributed by atoms with E-state index in [2.05, 4.69) is 20.5 Å². The normalized spacial score (nSPS) is 17.7. The highest BCUT2D eigenvalue weighted by Gasteiger charge is 2.27. The van der Waals surface area contributed by atoms with Crippen molar-refractivity contribution in [1.29, 1.82) is 0 Å². The van der Waals surface area contributed by atoms with E-state index in [1.54, 1.807) is 7.05 Å². The number of nitrogens with one attached hydrogen (secondary N) is 2. The lowest BCUT2D eigenvalue weighted by Gasteiger charge is -2.33. The van der Waals surface area contributed by atoms with Crippen LogP contribution in [-0.4, -0.2) is 49.5 Å². The van der Waals surface area contributed by atoms with Gasteiger partial charge < -0.3 is 20.3 Å². The van der Waals surface area contributed by atoms with Crippen molar-refractivity contribution in [2.75, 3.05) is 32.1 Å². The zero-order valence-electron chi connectivity index (χ0n) is 18.6. The molecule has 2 N–H and O–H groups in total. The second kappa shape index (κ2) is 12.9. The van der Waals surface area contributed by atoms with E-state index in [1.807, 2.05) is 31.2 Å². The van der Waals surface area contributed by atoms with E-state index in [4.69, 9.17) is 4.74 Å². The molecule has 1 aromatic rings. The van der Waals surface area contributed by atoms with Gasteiger partial charge >= 0.3 is 5.97 Å². The summed E-state index contributed by atoms with van der Waals surface area (Å²) in [4.78, 5) is 30.9. The summed E-state index contributed by atoms with van der Waals surface area (Å²) in [5, 5.41) is 6.47. The molecule has 0 unspecified atom stereocenters. The van der Waals surface area contributed by atoms with Crippen molar-refractivity contribution >= 4 is 47.5 Å². The van der Waals surface area contributed by atoms with Crippen LogP contribution in [-0.2, 0) is 20.9 Å². The molecule has 0 aromatic heterocycles. The quantitative estimate of drug-likeness (QED) is 0.248. The molecule has 1 saturated heterocycles. The first kappa shape index (κ1) is 25.4. The van der Waals surface area contributed by atoms with Crippen molar-refractivity contribution in [3.8, 4) is 0 Å². The van der Waals surface area contributed by atoms with Crippen LogP contribution in [0.2, 0.25) is 0 Å². The van der Waals surface area contributed by atoms with Gasteiger partial charge in [0.2, 0.25) is 5.91 Å². The number of halogens is 1. The number of carbonyl (C=O) groups excluding carboxylic acids is 2. The molecule has 31 heavy (non-hydrogen) atoms. The van der Waals surface area contributed by atoms with Gasteiger partial charge in [0.15, 0.2) is 5.96 Å². The monoisotopic (exact) mass is 542 g/mol. The topological polar surface area (TPSA) is 83.0 Å². The van der Waals surface area contributed by atoms with E-state index in [0.717, 1.165) is 68.8 Å². The molecule has 1 saturated carbocycles. The van der Waals surface area contributed by atoms with E-state index in [0.29, 0.717) is 13.2 Å². The number of ether oxygens (including phenoxy) is 1. The van der Waals surface area contributed by atoms with Gasteiger partial charge in [-0.1, -0.05) is 25.0 Å². The third kappa shape index (κ3) is 7.36. The number of likely N-dealkylation sites (tertiary alicyclic amines) is 1. The Hall–Kier alpha value is -1.84. The molecule has 2 aliphatic rings. The zero-order chi connectivity index (χ0) is 21.3. The summed E-state index contributed by atoms with van der Waals surface area (Å²) in [5.41, 5.74) is 1.93. The number of guanidine groups is 1. The van der Waals surface area contributed by atoms with Crippen molar-refractivity contribution in [1.82, 2.24) is 10.2 Å². The fourth-order valence-corrected chi connectivity index (χ4v) is 4.29. The number of anilines is 1. The fraction of sp³-hybridized carbons (Fsp3) is 0.609. The standard InChI is InChI=1S/C23H34N4O3.HI/c1-3-30-22(29)19-11-13-27(14-12-19)23(24-2)25-16-17-7-6-10-20(15-17)26-21(28)18-8-4-5-9-18;/h6-7,10,15,18-19H,3-5,8-9,11-14,16H2,1-2H3,(H,24,25)(H,26,28);1H. The van der Waals surface area contributed by atoms with E-state index >= 15 is 0 Å². The van der Waals surface area contributed by atoms with Crippen molar-refractivity contribution in [3.63, 3.8) is 0 Å². The maximum atomic E-state index is 12.4. The first-order chi connectivity index (χ1) is 14.6. The molecule has 0 atom stereocenters. The Balaban J connectivity index is 0.00000341. The van der Waals surface area contributed by atoms with Gasteiger partial charge in [-0.05, 0) is 50.3 Å². The van der Waals surface area contributed by atoms with Crippen LogP contribution in [0, 0.1) is 11.8 Å². The number of nitrogens with zero attached hydrogens (tertiary/aromatic N) is 2. The third-order valence-corrected chi connectivity index (χ3v) is 6.00. The van der Waals surface area contributed by atoms with Crippen LogP contribution in [0.3, 0.4) is 0 Å². The number of hydrogen-bond donors (Lipinski definition) is 2. The van der Waals surface area contributed by atoms with Crippen LogP contribution < -0.4 is 10.6 Å². The highest BCUT2D eigenvalue weighted by Crippen LogP contribution is 2.26. The van der Waals surface area contributed by atoms with Crippen LogP contribution in [0.25, 0.3) is 0 Å². The van der Waals surface area contributed by atoms with Crippen LogP contribution in [0.1, 0.15) is 51.0 Å². The summed E-state index contributed by atoms with van der Waals surface area (Å²) in [6.07, 6.45) is 5.85. The minimum Gasteiger partial charge on any atom is -0.466 e. The largest absolute Gasteiger partial charge is 0.466 e. The van der Waals surface area contributed by atoms with Gasteiger partial charge in [-0.25, -0.2) is 0 Å². The third-order valence-electron chi connectivity index (χ3n) is 6.00. The predicted octanol–water partition coefficient (Wildman–Crippen LogP) is 3.78. The molecular weight excluding hydrogens is 507 g/mol. The number of rotatable bonds is 6. The number of benzene rings is 1. The molecule has 1 aliphatic heterocycles. The van der Waals surface area contributed by atoms with Gasteiger partial charge in [0, 0.05) is 38.3 Å². The number of amides is 1. The molecule has 8 heteroatoms. The van der Waals surface area contributed by atoms with Crippen LogP contribution in [0.4, 0.5) is 5.69 Å². The van der Waals surface area contributed by atoms with E-state index in [-0.39, 0.29) is 47.7 Å². The van der Waals surface area contributed by atoms with E-state index < -0.39 is 0 Å². The molecule has 1 heterocycles. The molecule has 0 bridgehead atoms. The summed E-state index contributed by atoms with van der Waals surface area (Å²) in [6, 6.07) is 7.96. The maximum Gasteiger partial charge on any atom is 0.309 e. The van der Waals surface area contributed by atoms with Crippen molar-refractivity contribution in [2.24, 2.45) is 16.8 Å². The van der Waals surface area contributed by atoms with Gasteiger partial charge in [0.25, 0.3) is 0 Å². The van der Waals surface area contributed by atoms with Gasteiger partial charge in [0.05, 0.1) is 12.5 Å². The van der Waals surface area contributed by atoms with Crippen LogP contribution in [0.15, 0.2) is 29.3 Å². The molecular formula is C23H35IN4O3. The zero-order valence-corrected chi connectivity index (χ0v) is 20.9. The average Bonchev–Trinajstić information content (AvgIpc) is 3.30. The van der Waals surface area contributed by atoms with Gasteiger partial charge in [0.1, 0.15) is 0 Å². The second-order valence-corrected chi connectivity index (χ2v) is 8.09. The summed E-state index contributed by atoms with van der Waals surface area (Å²) >= 11 is 0. The number of carbonyl (C=O) groups is 2. The molecule has 3 rings (SSSR count). The molecule has 0 spiro atoms. The lowest BCUT2D eigenvalue weighted by molar-refractivity contribution is -0.149. The smallest absolute Gasteiger partial charge is 0.309 e. The van der Waals surface area contributed by atoms with Crippen molar-refractivity contribution < 1.29 is 14.3 Å². The highest BCUT2D eigenvalue weighted by molar-refractivity contribution is 14.0. The summed E-state index contributed by atoms with van der Waals surface area (Å²) in [7, 11) is 1.78. The van der Waals surface area contributed by atoms with Gasteiger partial charge in [-0.2, -0.15) is 0 Å². The minimum atomic E-state index is -0.0865. The van der Waals surface area contributed by atoms with Crippen molar-refractivity contribution in [3.05, 3.63) is 29.8 Å². The fourth-order valence-electron chi connectivity index (χ4n) is 4.29. The molecule has 1 aromatic carbocycles. The van der Waals surface area contributed by atoms with Crippen LogP contribution >= 0.6 is 24.0 Å². The maximum absolute atomic E-state index is 12.4. The van der Waals surface area contributed by atoms with Crippen molar-refractivity contribution in [2.45, 2.75) is 52.0 Å². The predicted molar refractivity (Wildman–Crippen MR) is 134 cm³/mol. The van der Waals surface area contributed by atoms with E-state index in [9.17, 15) is 9.59 Å². The van der Waals surface area contributed by atoms with Gasteiger partial charge in [-0.3, -0.25) is 14.6 Å². The molecule has 2 fully saturated rings. The lowest BCUT2D eigenvalue weighted by atomic mass is 9.97. The summed E-state index contributed by atoms with van der Waals surface area (Å²) < 4.78 is 5.15.